The molecule has 0 radical (unpaired) electrons. The Morgan fingerprint density at radius 3 is 2.26 bits per heavy atom. The second-order valence-corrected chi connectivity index (χ2v) is 9.22. The number of halogens is 3. The molecular weight excluding hydrogens is 454 g/mol. The fourth-order valence-corrected chi connectivity index (χ4v) is 4.81. The number of ether oxygens (including phenoxy) is 1. The number of carbonyl (C=O) groups excluding carboxylic acids is 2. The van der Waals surface area contributed by atoms with E-state index in [9.17, 15) is 26.8 Å². The Balaban J connectivity index is 1.51. The molecule has 0 unspecified atom stereocenters. The van der Waals surface area contributed by atoms with Crippen molar-refractivity contribution in [2.45, 2.75) is 5.75 Å². The van der Waals surface area contributed by atoms with Crippen molar-refractivity contribution in [3.05, 3.63) is 70.2 Å². The van der Waals surface area contributed by atoms with E-state index in [1.165, 1.54) is 9.21 Å². The third-order valence-electron chi connectivity index (χ3n) is 4.73. The van der Waals surface area contributed by atoms with Crippen LogP contribution in [-0.4, -0.2) is 62.3 Å². The monoisotopic (exact) mass is 472 g/mol. The molecule has 0 atom stereocenters. The van der Waals surface area contributed by atoms with Crippen molar-refractivity contribution in [2.24, 2.45) is 0 Å². The first kappa shape index (κ1) is 23.1. The van der Waals surface area contributed by atoms with Crippen LogP contribution in [0.1, 0.15) is 15.9 Å². The van der Waals surface area contributed by atoms with Gasteiger partial charge in [-0.25, -0.2) is 22.0 Å². The van der Waals surface area contributed by atoms with Gasteiger partial charge in [0.15, 0.2) is 18.2 Å². The Labute approximate surface area is 183 Å². The molecule has 2 aromatic carbocycles. The van der Waals surface area contributed by atoms with E-state index in [-0.39, 0.29) is 37.0 Å². The van der Waals surface area contributed by atoms with Gasteiger partial charge in [0, 0.05) is 26.2 Å². The minimum Gasteiger partial charge on any atom is -0.452 e. The summed E-state index contributed by atoms with van der Waals surface area (Å²) in [5.74, 6) is -4.21. The maximum Gasteiger partial charge on any atom is 0.340 e. The van der Waals surface area contributed by atoms with Gasteiger partial charge in [0.25, 0.3) is 5.91 Å². The van der Waals surface area contributed by atoms with Crippen molar-refractivity contribution < 1.29 is 31.5 Å². The van der Waals surface area contributed by atoms with Crippen LogP contribution in [0.15, 0.2) is 42.5 Å². The lowest BCUT2D eigenvalue weighted by Crippen LogP contribution is -2.51. The first-order chi connectivity index (χ1) is 14.7. The van der Waals surface area contributed by atoms with Gasteiger partial charge in [0.2, 0.25) is 10.0 Å². The Bertz CT molecular complexity index is 1070. The smallest absolute Gasteiger partial charge is 0.340 e. The van der Waals surface area contributed by atoms with E-state index < -0.39 is 45.7 Å². The molecule has 0 aromatic heterocycles. The predicted molar refractivity (Wildman–Crippen MR) is 109 cm³/mol. The number of nitrogens with zero attached hydrogens (tertiary/aromatic N) is 2. The summed E-state index contributed by atoms with van der Waals surface area (Å²) in [6.45, 7) is -0.134. The molecule has 11 heteroatoms. The quantitative estimate of drug-likeness (QED) is 0.476. The maximum absolute atomic E-state index is 13.3. The lowest BCUT2D eigenvalue weighted by molar-refractivity contribution is -0.135. The molecule has 1 amide bonds. The standard InChI is InChI=1S/C20H19ClF2N2O5S/c21-16-11-18(23)17(22)10-15(16)20(27)30-12-19(26)24-6-8-25(9-7-24)31(28,29)13-14-4-2-1-3-5-14/h1-5,10-11H,6-9,12-13H2. The zero-order chi connectivity index (χ0) is 22.6. The van der Waals surface area contributed by atoms with Crippen molar-refractivity contribution in [3.8, 4) is 0 Å². The number of sulfonamides is 1. The van der Waals surface area contributed by atoms with Crippen LogP contribution in [0.2, 0.25) is 5.02 Å². The average molecular weight is 473 g/mol. The largest absolute Gasteiger partial charge is 0.452 e. The second-order valence-electron chi connectivity index (χ2n) is 6.84. The lowest BCUT2D eigenvalue weighted by atomic mass is 10.2. The lowest BCUT2D eigenvalue weighted by Gasteiger charge is -2.33. The van der Waals surface area contributed by atoms with E-state index in [1.54, 1.807) is 30.3 Å². The Morgan fingerprint density at radius 2 is 1.61 bits per heavy atom. The molecule has 166 valence electrons. The maximum atomic E-state index is 13.3. The van der Waals surface area contributed by atoms with Crippen LogP contribution in [0.3, 0.4) is 0 Å². The van der Waals surface area contributed by atoms with Crippen molar-refractivity contribution in [1.29, 1.82) is 0 Å². The van der Waals surface area contributed by atoms with Crippen LogP contribution in [0, 0.1) is 11.6 Å². The van der Waals surface area contributed by atoms with Gasteiger partial charge < -0.3 is 9.64 Å². The van der Waals surface area contributed by atoms with E-state index in [4.69, 9.17) is 16.3 Å². The van der Waals surface area contributed by atoms with Gasteiger partial charge in [-0.3, -0.25) is 4.79 Å². The van der Waals surface area contributed by atoms with Gasteiger partial charge in [-0.05, 0) is 17.7 Å². The number of piperazine rings is 1. The molecule has 1 saturated heterocycles. The molecule has 2 aromatic rings. The second kappa shape index (κ2) is 9.71. The van der Waals surface area contributed by atoms with Gasteiger partial charge in [0.05, 0.1) is 16.3 Å². The normalized spacial score (nSPS) is 15.0. The van der Waals surface area contributed by atoms with Crippen LogP contribution in [-0.2, 0) is 25.3 Å². The van der Waals surface area contributed by atoms with Crippen molar-refractivity contribution in [2.75, 3.05) is 32.8 Å². The topological polar surface area (TPSA) is 84.0 Å². The molecule has 1 aliphatic heterocycles. The number of amides is 1. The van der Waals surface area contributed by atoms with Gasteiger partial charge in [0.1, 0.15) is 0 Å². The van der Waals surface area contributed by atoms with Crippen LogP contribution in [0.5, 0.6) is 0 Å². The first-order valence-electron chi connectivity index (χ1n) is 9.28. The van der Waals surface area contributed by atoms with Crippen LogP contribution in [0.4, 0.5) is 8.78 Å². The molecule has 0 bridgehead atoms. The zero-order valence-corrected chi connectivity index (χ0v) is 17.8. The number of carbonyl (C=O) groups is 2. The molecule has 0 saturated carbocycles. The first-order valence-corrected chi connectivity index (χ1v) is 11.3. The Morgan fingerprint density at radius 1 is 1.00 bits per heavy atom. The van der Waals surface area contributed by atoms with Crippen molar-refractivity contribution >= 4 is 33.5 Å². The van der Waals surface area contributed by atoms with Gasteiger partial charge in [-0.15, -0.1) is 0 Å². The third kappa shape index (κ3) is 5.78. The van der Waals surface area contributed by atoms with E-state index in [2.05, 4.69) is 0 Å². The molecule has 7 nitrogen and oxygen atoms in total. The highest BCUT2D eigenvalue weighted by Crippen LogP contribution is 2.21. The van der Waals surface area contributed by atoms with Gasteiger partial charge in [-0.1, -0.05) is 41.9 Å². The summed E-state index contributed by atoms with van der Waals surface area (Å²) in [4.78, 5) is 25.7. The van der Waals surface area contributed by atoms with Crippen LogP contribution in [0.25, 0.3) is 0 Å². The molecule has 1 fully saturated rings. The minimum absolute atomic E-state index is 0.115. The average Bonchev–Trinajstić information content (AvgIpc) is 2.75. The summed E-state index contributed by atoms with van der Waals surface area (Å²) in [5, 5.41) is -0.339. The molecule has 0 spiro atoms. The fourth-order valence-electron chi connectivity index (χ4n) is 3.07. The third-order valence-corrected chi connectivity index (χ3v) is 6.90. The molecular formula is C20H19ClF2N2O5S. The number of hydrogen-bond donors (Lipinski definition) is 0. The highest BCUT2D eigenvalue weighted by molar-refractivity contribution is 7.88. The summed E-state index contributed by atoms with van der Waals surface area (Å²) in [5.41, 5.74) is 0.272. The molecule has 0 aliphatic carbocycles. The van der Waals surface area contributed by atoms with E-state index >= 15 is 0 Å². The number of rotatable bonds is 6. The Kier molecular flexibility index (Phi) is 7.24. The summed E-state index contributed by atoms with van der Waals surface area (Å²) in [7, 11) is -3.53. The predicted octanol–water partition coefficient (Wildman–Crippen LogP) is 2.45. The number of esters is 1. The molecule has 1 heterocycles. The molecule has 3 rings (SSSR count). The molecule has 0 N–H and O–H groups in total. The van der Waals surface area contributed by atoms with E-state index in [0.717, 1.165) is 0 Å². The highest BCUT2D eigenvalue weighted by Gasteiger charge is 2.29. The van der Waals surface area contributed by atoms with Crippen LogP contribution < -0.4 is 0 Å². The summed E-state index contributed by atoms with van der Waals surface area (Å²) in [6, 6.07) is 10.0. The molecule has 31 heavy (non-hydrogen) atoms. The van der Waals surface area contributed by atoms with Crippen molar-refractivity contribution in [1.82, 2.24) is 9.21 Å². The number of hydrogen-bond acceptors (Lipinski definition) is 5. The number of benzene rings is 2. The summed E-state index contributed by atoms with van der Waals surface area (Å²) < 4.78 is 57.7. The zero-order valence-electron chi connectivity index (χ0n) is 16.3. The van der Waals surface area contributed by atoms with Crippen LogP contribution >= 0.6 is 11.6 Å². The highest BCUT2D eigenvalue weighted by atomic mass is 35.5. The van der Waals surface area contributed by atoms with Gasteiger partial charge in [-0.2, -0.15) is 4.31 Å². The fraction of sp³-hybridized carbons (Fsp3) is 0.300. The van der Waals surface area contributed by atoms with E-state index in [1.807, 2.05) is 0 Å². The van der Waals surface area contributed by atoms with E-state index in [0.29, 0.717) is 17.7 Å². The minimum atomic E-state index is -3.53. The van der Waals surface area contributed by atoms with Gasteiger partial charge >= 0.3 is 5.97 Å². The Hall–Kier alpha value is -2.56. The summed E-state index contributed by atoms with van der Waals surface area (Å²) in [6.07, 6.45) is 0. The SMILES string of the molecule is O=C(OCC(=O)N1CCN(S(=O)(=O)Cc2ccccc2)CC1)c1cc(F)c(F)cc1Cl. The van der Waals surface area contributed by atoms with Crippen molar-refractivity contribution in [3.63, 3.8) is 0 Å². The molecule has 1 aliphatic rings. The summed E-state index contributed by atoms with van der Waals surface area (Å²) >= 11 is 5.71.